The quantitative estimate of drug-likeness (QED) is 0.909. The van der Waals surface area contributed by atoms with Crippen molar-refractivity contribution in [2.24, 2.45) is 5.92 Å². The van der Waals surface area contributed by atoms with Crippen LogP contribution >= 0.6 is 0 Å². The smallest absolute Gasteiger partial charge is 0.227 e. The van der Waals surface area contributed by atoms with Gasteiger partial charge in [0.15, 0.2) is 0 Å². The minimum absolute atomic E-state index is 0.112. The van der Waals surface area contributed by atoms with Gasteiger partial charge in [-0.1, -0.05) is 31.2 Å². The minimum Gasteiger partial charge on any atom is -0.352 e. The predicted molar refractivity (Wildman–Crippen MR) is 94.5 cm³/mol. The number of aryl methyl sites for hydroxylation is 1. The molecule has 1 fully saturated rings. The first kappa shape index (κ1) is 17.1. The summed E-state index contributed by atoms with van der Waals surface area (Å²) in [5, 5.41) is 2.90. The van der Waals surface area contributed by atoms with Gasteiger partial charge in [-0.3, -0.25) is 9.59 Å². The van der Waals surface area contributed by atoms with Gasteiger partial charge in [0, 0.05) is 25.2 Å². The molecule has 0 radical (unpaired) electrons. The second kappa shape index (κ2) is 7.47. The Bertz CT molecular complexity index is 756. The van der Waals surface area contributed by atoms with Crippen molar-refractivity contribution in [3.63, 3.8) is 0 Å². The topological polar surface area (TPSA) is 49.4 Å². The van der Waals surface area contributed by atoms with Crippen molar-refractivity contribution in [1.29, 1.82) is 0 Å². The van der Waals surface area contributed by atoms with Crippen molar-refractivity contribution < 1.29 is 14.0 Å². The molecule has 130 valence electrons. The second-order valence-corrected chi connectivity index (χ2v) is 6.27. The van der Waals surface area contributed by atoms with Crippen LogP contribution in [0.2, 0.25) is 0 Å². The molecule has 0 aliphatic carbocycles. The highest BCUT2D eigenvalue weighted by Crippen LogP contribution is 2.25. The third kappa shape index (κ3) is 4.05. The summed E-state index contributed by atoms with van der Waals surface area (Å²) in [7, 11) is 0. The summed E-state index contributed by atoms with van der Waals surface area (Å²) in [4.78, 5) is 26.1. The van der Waals surface area contributed by atoms with E-state index in [4.69, 9.17) is 0 Å². The monoisotopic (exact) mass is 340 g/mol. The Labute approximate surface area is 146 Å². The molecule has 5 heteroatoms. The largest absolute Gasteiger partial charge is 0.352 e. The van der Waals surface area contributed by atoms with Gasteiger partial charge in [0.25, 0.3) is 0 Å². The fourth-order valence-electron chi connectivity index (χ4n) is 2.98. The van der Waals surface area contributed by atoms with Crippen LogP contribution in [-0.2, 0) is 22.6 Å². The summed E-state index contributed by atoms with van der Waals surface area (Å²) in [5.74, 6) is -0.970. The Morgan fingerprint density at radius 3 is 2.40 bits per heavy atom. The molecule has 2 amide bonds. The lowest BCUT2D eigenvalue weighted by Crippen LogP contribution is -2.32. The first-order valence-electron chi connectivity index (χ1n) is 8.48. The zero-order valence-corrected chi connectivity index (χ0v) is 14.2. The van der Waals surface area contributed by atoms with Crippen molar-refractivity contribution >= 4 is 17.5 Å². The fraction of sp³-hybridized carbons (Fsp3) is 0.300. The Balaban J connectivity index is 1.57. The number of carbonyl (C=O) groups is 2. The number of amides is 2. The average molecular weight is 340 g/mol. The van der Waals surface area contributed by atoms with Crippen molar-refractivity contribution in [3.8, 4) is 0 Å². The van der Waals surface area contributed by atoms with Gasteiger partial charge < -0.3 is 10.2 Å². The molecular formula is C20H21FN2O2. The summed E-state index contributed by atoms with van der Waals surface area (Å²) < 4.78 is 13.0. The van der Waals surface area contributed by atoms with Crippen molar-refractivity contribution in [1.82, 2.24) is 5.32 Å². The van der Waals surface area contributed by atoms with Gasteiger partial charge in [-0.25, -0.2) is 4.39 Å². The number of rotatable bonds is 5. The number of hydrogen-bond donors (Lipinski definition) is 1. The number of nitrogens with one attached hydrogen (secondary N) is 1. The van der Waals surface area contributed by atoms with Crippen LogP contribution in [0.5, 0.6) is 0 Å². The second-order valence-electron chi connectivity index (χ2n) is 6.27. The van der Waals surface area contributed by atoms with Crippen molar-refractivity contribution in [2.75, 3.05) is 11.4 Å². The highest BCUT2D eigenvalue weighted by atomic mass is 19.1. The predicted octanol–water partition coefficient (Wildman–Crippen LogP) is 3.06. The lowest BCUT2D eigenvalue weighted by atomic mass is 10.1. The Hall–Kier alpha value is -2.69. The van der Waals surface area contributed by atoms with Crippen LogP contribution in [0, 0.1) is 11.7 Å². The number of carbonyl (C=O) groups excluding carboxylic acids is 2. The lowest BCUT2D eigenvalue weighted by molar-refractivity contribution is -0.126. The van der Waals surface area contributed by atoms with E-state index in [1.54, 1.807) is 17.0 Å². The van der Waals surface area contributed by atoms with Gasteiger partial charge >= 0.3 is 0 Å². The molecule has 4 nitrogen and oxygen atoms in total. The molecule has 0 aromatic heterocycles. The minimum atomic E-state index is -0.382. The maximum absolute atomic E-state index is 13.0. The van der Waals surface area contributed by atoms with Gasteiger partial charge in [0.1, 0.15) is 5.82 Å². The van der Waals surface area contributed by atoms with E-state index < -0.39 is 0 Å². The highest BCUT2D eigenvalue weighted by molar-refractivity contribution is 6.00. The molecule has 1 saturated heterocycles. The van der Waals surface area contributed by atoms with Crippen LogP contribution in [0.25, 0.3) is 0 Å². The third-order valence-electron chi connectivity index (χ3n) is 4.53. The first-order chi connectivity index (χ1) is 12.1. The van der Waals surface area contributed by atoms with Crippen LogP contribution in [0.1, 0.15) is 24.5 Å². The normalized spacial score (nSPS) is 17.0. The molecule has 1 heterocycles. The lowest BCUT2D eigenvalue weighted by Gasteiger charge is -2.16. The van der Waals surface area contributed by atoms with Crippen LogP contribution in [0.15, 0.2) is 48.5 Å². The molecular weight excluding hydrogens is 319 g/mol. The van der Waals surface area contributed by atoms with Crippen LogP contribution in [-0.4, -0.2) is 18.4 Å². The molecule has 0 saturated carbocycles. The Kier molecular flexibility index (Phi) is 5.12. The van der Waals surface area contributed by atoms with Gasteiger partial charge in [0.2, 0.25) is 11.8 Å². The Morgan fingerprint density at radius 2 is 1.76 bits per heavy atom. The molecule has 1 N–H and O–H groups in total. The first-order valence-corrected chi connectivity index (χ1v) is 8.48. The van der Waals surface area contributed by atoms with Crippen molar-refractivity contribution in [2.45, 2.75) is 26.3 Å². The summed E-state index contributed by atoms with van der Waals surface area (Å²) in [6.07, 6.45) is 1.16. The van der Waals surface area contributed by atoms with E-state index in [0.29, 0.717) is 18.8 Å². The molecule has 1 aliphatic heterocycles. The zero-order chi connectivity index (χ0) is 17.8. The van der Waals surface area contributed by atoms with E-state index in [9.17, 15) is 14.0 Å². The van der Waals surface area contributed by atoms with E-state index in [2.05, 4.69) is 24.4 Å². The zero-order valence-electron chi connectivity index (χ0n) is 14.2. The molecule has 0 bridgehead atoms. The third-order valence-corrected chi connectivity index (χ3v) is 4.53. The summed E-state index contributed by atoms with van der Waals surface area (Å²) in [6, 6.07) is 13.9. The molecule has 2 aromatic rings. The van der Waals surface area contributed by atoms with Gasteiger partial charge in [-0.15, -0.1) is 0 Å². The molecule has 3 rings (SSSR count). The number of benzene rings is 2. The maximum Gasteiger partial charge on any atom is 0.227 e. The fourth-order valence-corrected chi connectivity index (χ4v) is 2.98. The van der Waals surface area contributed by atoms with Gasteiger partial charge in [-0.05, 0) is 41.8 Å². The molecule has 1 aliphatic rings. The SMILES string of the molecule is CCc1ccc(CNC(=O)[C@H]2CC(=O)N(c3ccc(F)cc3)C2)cc1. The number of anilines is 1. The van der Waals surface area contributed by atoms with Crippen LogP contribution in [0.4, 0.5) is 10.1 Å². The molecule has 25 heavy (non-hydrogen) atoms. The van der Waals surface area contributed by atoms with E-state index >= 15 is 0 Å². The molecule has 2 aromatic carbocycles. The van der Waals surface area contributed by atoms with Gasteiger partial charge in [0.05, 0.1) is 5.92 Å². The average Bonchev–Trinajstić information content (AvgIpc) is 3.02. The van der Waals surface area contributed by atoms with Crippen LogP contribution < -0.4 is 10.2 Å². The van der Waals surface area contributed by atoms with Crippen molar-refractivity contribution in [3.05, 3.63) is 65.5 Å². The van der Waals surface area contributed by atoms with Gasteiger partial charge in [-0.2, -0.15) is 0 Å². The molecule has 0 unspecified atom stereocenters. The Morgan fingerprint density at radius 1 is 1.12 bits per heavy atom. The standard InChI is InChI=1S/C20H21FN2O2/c1-2-14-3-5-15(6-4-14)12-22-20(25)16-11-19(24)23(13-16)18-9-7-17(21)8-10-18/h3-10,16H,2,11-13H2,1H3,(H,22,25)/t16-/m0/s1. The van der Waals surface area contributed by atoms with E-state index in [1.807, 2.05) is 12.1 Å². The summed E-state index contributed by atoms with van der Waals surface area (Å²) in [5.41, 5.74) is 2.91. The molecule has 1 atom stereocenters. The molecule has 0 spiro atoms. The highest BCUT2D eigenvalue weighted by Gasteiger charge is 2.34. The van der Waals surface area contributed by atoms with E-state index in [1.165, 1.54) is 17.7 Å². The number of halogens is 1. The summed E-state index contributed by atoms with van der Waals surface area (Å²) >= 11 is 0. The van der Waals surface area contributed by atoms with E-state index in [-0.39, 0.29) is 30.0 Å². The number of nitrogens with zero attached hydrogens (tertiary/aromatic N) is 1. The maximum atomic E-state index is 13.0. The van der Waals surface area contributed by atoms with Crippen LogP contribution in [0.3, 0.4) is 0 Å². The van der Waals surface area contributed by atoms with E-state index in [0.717, 1.165) is 12.0 Å². The number of hydrogen-bond acceptors (Lipinski definition) is 2. The summed E-state index contributed by atoms with van der Waals surface area (Å²) in [6.45, 7) is 2.87.